The fourth-order valence-electron chi connectivity index (χ4n) is 2.83. The average Bonchev–Trinajstić information content (AvgIpc) is 2.91. The van der Waals surface area contributed by atoms with Crippen molar-refractivity contribution in [1.82, 2.24) is 5.32 Å². The Balaban J connectivity index is 2.03. The normalized spacial score (nSPS) is 22.8. The Kier molecular flexibility index (Phi) is 2.93. The van der Waals surface area contributed by atoms with Crippen LogP contribution < -0.4 is 14.8 Å². The lowest BCUT2D eigenvalue weighted by Gasteiger charge is -2.24. The van der Waals surface area contributed by atoms with E-state index in [4.69, 9.17) is 9.47 Å². The molecule has 0 amide bonds. The number of fused-ring (bicyclic) bond motifs is 1. The van der Waals surface area contributed by atoms with Gasteiger partial charge in [-0.15, -0.1) is 0 Å². The van der Waals surface area contributed by atoms with Crippen molar-refractivity contribution >= 4 is 0 Å². The van der Waals surface area contributed by atoms with Gasteiger partial charge < -0.3 is 14.8 Å². The minimum absolute atomic E-state index is 0.501. The highest BCUT2D eigenvalue weighted by atomic mass is 16.6. The summed E-state index contributed by atoms with van der Waals surface area (Å²) in [7, 11) is 0. The molecule has 0 radical (unpaired) electrons. The fourth-order valence-corrected chi connectivity index (χ4v) is 2.83. The van der Waals surface area contributed by atoms with Crippen molar-refractivity contribution in [3.05, 3.63) is 23.3 Å². The van der Waals surface area contributed by atoms with E-state index in [-0.39, 0.29) is 0 Å². The highest BCUT2D eigenvalue weighted by Gasteiger charge is 2.24. The zero-order valence-electron chi connectivity index (χ0n) is 10.3. The van der Waals surface area contributed by atoms with Crippen LogP contribution in [-0.2, 0) is 6.42 Å². The molecule has 1 atom stereocenters. The van der Waals surface area contributed by atoms with Gasteiger partial charge in [0.2, 0.25) is 0 Å². The molecule has 1 unspecified atom stereocenters. The van der Waals surface area contributed by atoms with Gasteiger partial charge in [0.15, 0.2) is 11.5 Å². The molecule has 0 bridgehead atoms. The van der Waals surface area contributed by atoms with Crippen molar-refractivity contribution in [3.8, 4) is 11.5 Å². The number of hydrogen-bond acceptors (Lipinski definition) is 3. The highest BCUT2D eigenvalue weighted by Crippen LogP contribution is 2.39. The molecule has 17 heavy (non-hydrogen) atoms. The van der Waals surface area contributed by atoms with Gasteiger partial charge in [0.05, 0.1) is 0 Å². The monoisotopic (exact) mass is 233 g/mol. The fraction of sp³-hybridized carbons (Fsp3) is 0.571. The molecule has 92 valence electrons. The lowest BCUT2D eigenvalue weighted by atomic mass is 9.96. The van der Waals surface area contributed by atoms with Crippen molar-refractivity contribution < 1.29 is 9.47 Å². The number of nitrogens with one attached hydrogen (secondary N) is 1. The molecular weight excluding hydrogens is 214 g/mol. The smallest absolute Gasteiger partial charge is 0.164 e. The summed E-state index contributed by atoms with van der Waals surface area (Å²) in [5, 5.41) is 3.56. The Morgan fingerprint density at radius 1 is 1.29 bits per heavy atom. The summed E-state index contributed by atoms with van der Waals surface area (Å²) < 4.78 is 11.4. The lowest BCUT2D eigenvalue weighted by Crippen LogP contribution is -2.19. The highest BCUT2D eigenvalue weighted by molar-refractivity contribution is 5.52. The molecule has 1 N–H and O–H groups in total. The van der Waals surface area contributed by atoms with Crippen LogP contribution in [0.25, 0.3) is 0 Å². The lowest BCUT2D eigenvalue weighted by molar-refractivity contribution is 0.169. The molecule has 2 aliphatic rings. The Bertz CT molecular complexity index is 411. The van der Waals surface area contributed by atoms with E-state index < -0.39 is 0 Å². The second kappa shape index (κ2) is 4.57. The van der Waals surface area contributed by atoms with Crippen LogP contribution in [0.4, 0.5) is 0 Å². The molecule has 3 nitrogen and oxygen atoms in total. The van der Waals surface area contributed by atoms with Gasteiger partial charge in [0.1, 0.15) is 13.2 Å². The van der Waals surface area contributed by atoms with E-state index >= 15 is 0 Å². The minimum Gasteiger partial charge on any atom is -0.486 e. The van der Waals surface area contributed by atoms with Gasteiger partial charge in [-0.1, -0.05) is 13.0 Å². The molecule has 0 saturated carbocycles. The van der Waals surface area contributed by atoms with Crippen LogP contribution in [-0.4, -0.2) is 19.8 Å². The van der Waals surface area contributed by atoms with E-state index in [9.17, 15) is 0 Å². The van der Waals surface area contributed by atoms with Crippen LogP contribution in [0.1, 0.15) is 36.9 Å². The molecule has 0 aliphatic carbocycles. The van der Waals surface area contributed by atoms with Gasteiger partial charge in [-0.25, -0.2) is 0 Å². The third-order valence-corrected chi connectivity index (χ3v) is 3.64. The standard InChI is InChI=1S/C14H19NO2/c1-2-10-11(12-4-3-7-15-12)5-6-13-14(10)17-9-8-16-13/h5-6,12,15H,2-4,7-9H2,1H3. The van der Waals surface area contributed by atoms with E-state index in [1.807, 2.05) is 0 Å². The summed E-state index contributed by atoms with van der Waals surface area (Å²) in [6.45, 7) is 4.65. The summed E-state index contributed by atoms with van der Waals surface area (Å²) in [6, 6.07) is 4.76. The van der Waals surface area contributed by atoms with Crippen molar-refractivity contribution in [2.75, 3.05) is 19.8 Å². The molecule has 0 spiro atoms. The van der Waals surface area contributed by atoms with Crippen LogP contribution in [0.3, 0.4) is 0 Å². The van der Waals surface area contributed by atoms with Crippen LogP contribution in [0.5, 0.6) is 11.5 Å². The third kappa shape index (κ3) is 1.89. The van der Waals surface area contributed by atoms with Crippen molar-refractivity contribution in [1.29, 1.82) is 0 Å². The van der Waals surface area contributed by atoms with Gasteiger partial charge in [-0.2, -0.15) is 0 Å². The summed E-state index contributed by atoms with van der Waals surface area (Å²) in [5.74, 6) is 1.89. The van der Waals surface area contributed by atoms with Crippen LogP contribution in [0.2, 0.25) is 0 Å². The maximum absolute atomic E-state index is 5.79. The van der Waals surface area contributed by atoms with Gasteiger partial charge in [-0.3, -0.25) is 0 Å². The first-order valence-electron chi connectivity index (χ1n) is 6.55. The molecule has 2 aliphatic heterocycles. The first-order valence-corrected chi connectivity index (χ1v) is 6.55. The van der Waals surface area contributed by atoms with E-state index in [1.54, 1.807) is 0 Å². The van der Waals surface area contributed by atoms with Gasteiger partial charge in [-0.05, 0) is 37.4 Å². The maximum atomic E-state index is 5.79. The zero-order chi connectivity index (χ0) is 11.7. The van der Waals surface area contributed by atoms with E-state index in [1.165, 1.54) is 24.0 Å². The van der Waals surface area contributed by atoms with E-state index in [2.05, 4.69) is 24.4 Å². The van der Waals surface area contributed by atoms with Crippen molar-refractivity contribution in [2.24, 2.45) is 0 Å². The van der Waals surface area contributed by atoms with Gasteiger partial charge >= 0.3 is 0 Å². The molecule has 3 rings (SSSR count). The molecule has 1 aromatic rings. The summed E-state index contributed by atoms with van der Waals surface area (Å²) in [5.41, 5.74) is 2.72. The summed E-state index contributed by atoms with van der Waals surface area (Å²) in [6.07, 6.45) is 3.49. The molecule has 0 aromatic heterocycles. The van der Waals surface area contributed by atoms with Crippen LogP contribution in [0, 0.1) is 0 Å². The number of ether oxygens (including phenoxy) is 2. The minimum atomic E-state index is 0.501. The SMILES string of the molecule is CCc1c(C2CCCN2)ccc2c1OCCO2. The first-order chi connectivity index (χ1) is 8.40. The Labute approximate surface area is 102 Å². The molecule has 1 saturated heterocycles. The second-order valence-electron chi connectivity index (χ2n) is 4.66. The predicted molar refractivity (Wildman–Crippen MR) is 66.8 cm³/mol. The molecule has 1 fully saturated rings. The van der Waals surface area contributed by atoms with Crippen LogP contribution >= 0.6 is 0 Å². The molecule has 3 heteroatoms. The van der Waals surface area contributed by atoms with E-state index in [0.29, 0.717) is 19.3 Å². The second-order valence-corrected chi connectivity index (χ2v) is 4.66. The zero-order valence-corrected chi connectivity index (χ0v) is 10.3. The van der Waals surface area contributed by atoms with E-state index in [0.717, 1.165) is 24.5 Å². The van der Waals surface area contributed by atoms with Crippen molar-refractivity contribution in [2.45, 2.75) is 32.2 Å². The van der Waals surface area contributed by atoms with Gasteiger partial charge in [0.25, 0.3) is 0 Å². The molecule has 1 aromatic carbocycles. The topological polar surface area (TPSA) is 30.5 Å². The number of hydrogen-bond donors (Lipinski definition) is 1. The molecule has 2 heterocycles. The largest absolute Gasteiger partial charge is 0.486 e. The summed E-state index contributed by atoms with van der Waals surface area (Å²) >= 11 is 0. The Morgan fingerprint density at radius 2 is 2.18 bits per heavy atom. The average molecular weight is 233 g/mol. The summed E-state index contributed by atoms with van der Waals surface area (Å²) in [4.78, 5) is 0. The maximum Gasteiger partial charge on any atom is 0.164 e. The van der Waals surface area contributed by atoms with Crippen LogP contribution in [0.15, 0.2) is 12.1 Å². The third-order valence-electron chi connectivity index (χ3n) is 3.64. The predicted octanol–water partition coefficient (Wildman–Crippen LogP) is 2.44. The van der Waals surface area contributed by atoms with Gasteiger partial charge in [0, 0.05) is 11.6 Å². The van der Waals surface area contributed by atoms with Crippen molar-refractivity contribution in [3.63, 3.8) is 0 Å². The first kappa shape index (κ1) is 10.9. The Hall–Kier alpha value is -1.22. The quantitative estimate of drug-likeness (QED) is 0.851. The number of benzene rings is 1. The number of rotatable bonds is 2. The Morgan fingerprint density at radius 3 is 2.94 bits per heavy atom. The molecular formula is C14H19NO2.